The van der Waals surface area contributed by atoms with Gasteiger partial charge in [0.1, 0.15) is 17.2 Å². The van der Waals surface area contributed by atoms with E-state index in [4.69, 9.17) is 15.2 Å². The van der Waals surface area contributed by atoms with E-state index in [9.17, 15) is 4.39 Å². The third-order valence-corrected chi connectivity index (χ3v) is 3.36. The van der Waals surface area contributed by atoms with E-state index in [1.165, 1.54) is 12.1 Å². The van der Waals surface area contributed by atoms with Gasteiger partial charge in [-0.05, 0) is 18.2 Å². The molecule has 1 aromatic carbocycles. The van der Waals surface area contributed by atoms with Gasteiger partial charge in [-0.15, -0.1) is 0 Å². The quantitative estimate of drug-likeness (QED) is 0.729. The summed E-state index contributed by atoms with van der Waals surface area (Å²) < 4.78 is 24.4. The Morgan fingerprint density at radius 3 is 3.06 bits per heavy atom. The first-order chi connectivity index (χ1) is 7.69. The molecular weight excluding hydrogens is 209 g/mol. The largest absolute Gasteiger partial charge is 0.484 e. The highest BCUT2D eigenvalue weighted by Crippen LogP contribution is 2.42. The lowest BCUT2D eigenvalue weighted by atomic mass is 9.87. The molecule has 4 heteroatoms. The van der Waals surface area contributed by atoms with Crippen molar-refractivity contribution in [1.82, 2.24) is 0 Å². The van der Waals surface area contributed by atoms with Gasteiger partial charge in [-0.2, -0.15) is 0 Å². The number of nitrogens with two attached hydrogens (primary N) is 1. The Morgan fingerprint density at radius 2 is 2.31 bits per heavy atom. The van der Waals surface area contributed by atoms with Crippen LogP contribution in [0.2, 0.25) is 0 Å². The maximum absolute atomic E-state index is 13.1. The van der Waals surface area contributed by atoms with Gasteiger partial charge in [0.15, 0.2) is 0 Å². The topological polar surface area (TPSA) is 44.5 Å². The van der Waals surface area contributed by atoms with Gasteiger partial charge in [0, 0.05) is 24.4 Å². The second kappa shape index (κ2) is 3.43. The Morgan fingerprint density at radius 1 is 1.44 bits per heavy atom. The van der Waals surface area contributed by atoms with E-state index in [0.29, 0.717) is 25.4 Å². The molecule has 2 aliphatic heterocycles. The van der Waals surface area contributed by atoms with Crippen LogP contribution in [0, 0.1) is 5.82 Å². The average molecular weight is 223 g/mol. The number of halogens is 1. The van der Waals surface area contributed by atoms with Crippen LogP contribution in [0.15, 0.2) is 18.2 Å². The summed E-state index contributed by atoms with van der Waals surface area (Å²) in [5.41, 5.74) is 6.54. The van der Waals surface area contributed by atoms with Crippen LogP contribution in [-0.2, 0) is 4.74 Å². The Balaban J connectivity index is 1.99. The molecule has 0 aliphatic carbocycles. The number of benzene rings is 1. The minimum absolute atomic E-state index is 0.166. The number of rotatable bonds is 0. The van der Waals surface area contributed by atoms with E-state index in [-0.39, 0.29) is 17.5 Å². The van der Waals surface area contributed by atoms with Crippen molar-refractivity contribution in [3.8, 4) is 5.75 Å². The average Bonchev–Trinajstić information content (AvgIpc) is 2.68. The van der Waals surface area contributed by atoms with Crippen molar-refractivity contribution >= 4 is 0 Å². The fourth-order valence-corrected chi connectivity index (χ4v) is 2.52. The lowest BCUT2D eigenvalue weighted by Crippen LogP contribution is -2.43. The fourth-order valence-electron chi connectivity index (χ4n) is 2.52. The summed E-state index contributed by atoms with van der Waals surface area (Å²) >= 11 is 0. The van der Waals surface area contributed by atoms with Gasteiger partial charge in [-0.3, -0.25) is 0 Å². The van der Waals surface area contributed by atoms with E-state index < -0.39 is 0 Å². The van der Waals surface area contributed by atoms with Gasteiger partial charge >= 0.3 is 0 Å². The molecule has 1 fully saturated rings. The molecule has 16 heavy (non-hydrogen) atoms. The summed E-state index contributed by atoms with van der Waals surface area (Å²) in [6.07, 6.45) is 1.56. The smallest absolute Gasteiger partial charge is 0.136 e. The van der Waals surface area contributed by atoms with Crippen molar-refractivity contribution in [3.05, 3.63) is 29.6 Å². The molecule has 2 heterocycles. The molecule has 86 valence electrons. The number of hydrogen-bond acceptors (Lipinski definition) is 3. The Hall–Kier alpha value is -1.13. The molecule has 1 saturated heterocycles. The molecule has 2 atom stereocenters. The normalized spacial score (nSPS) is 32.5. The predicted molar refractivity (Wildman–Crippen MR) is 56.7 cm³/mol. The highest BCUT2D eigenvalue weighted by Gasteiger charge is 2.43. The van der Waals surface area contributed by atoms with Gasteiger partial charge in [0.05, 0.1) is 13.2 Å². The first-order valence-corrected chi connectivity index (χ1v) is 5.50. The standard InChI is InChI=1S/C12H14FNO2/c13-8-1-2-11-9(5-8)10(14)6-12(16-11)3-4-15-7-12/h1-2,5,10H,3-4,6-7,14H2/t10-,12?/m1/s1. The number of hydrogen-bond donors (Lipinski definition) is 1. The zero-order valence-corrected chi connectivity index (χ0v) is 8.91. The Bertz CT molecular complexity index is 415. The molecule has 1 spiro atoms. The van der Waals surface area contributed by atoms with Gasteiger partial charge in [-0.25, -0.2) is 4.39 Å². The van der Waals surface area contributed by atoms with E-state index >= 15 is 0 Å². The monoisotopic (exact) mass is 223 g/mol. The second-order valence-corrected chi connectivity index (χ2v) is 4.58. The van der Waals surface area contributed by atoms with E-state index in [0.717, 1.165) is 12.0 Å². The molecular formula is C12H14FNO2. The molecule has 2 N–H and O–H groups in total. The Kier molecular flexibility index (Phi) is 2.16. The highest BCUT2D eigenvalue weighted by molar-refractivity contribution is 5.39. The summed E-state index contributed by atoms with van der Waals surface area (Å²) in [6, 6.07) is 4.36. The van der Waals surface area contributed by atoms with Crippen molar-refractivity contribution in [3.63, 3.8) is 0 Å². The van der Waals surface area contributed by atoms with E-state index in [1.807, 2.05) is 0 Å². The SMILES string of the molecule is N[C@@H]1CC2(CCOC2)Oc2ccc(F)cc21. The molecule has 0 amide bonds. The Labute approximate surface area is 93.3 Å². The van der Waals surface area contributed by atoms with Crippen LogP contribution >= 0.6 is 0 Å². The van der Waals surface area contributed by atoms with Crippen molar-refractivity contribution in [2.45, 2.75) is 24.5 Å². The third kappa shape index (κ3) is 1.49. The predicted octanol–water partition coefficient (Wildman–Crippen LogP) is 1.77. The van der Waals surface area contributed by atoms with Crippen molar-refractivity contribution in [2.75, 3.05) is 13.2 Å². The summed E-state index contributed by atoms with van der Waals surface area (Å²) in [5.74, 6) is 0.432. The summed E-state index contributed by atoms with van der Waals surface area (Å²) in [4.78, 5) is 0. The van der Waals surface area contributed by atoms with E-state index in [2.05, 4.69) is 0 Å². The number of ether oxygens (including phenoxy) is 2. The van der Waals surface area contributed by atoms with Crippen LogP contribution in [0.25, 0.3) is 0 Å². The molecule has 2 aliphatic rings. The van der Waals surface area contributed by atoms with Crippen molar-refractivity contribution < 1.29 is 13.9 Å². The molecule has 0 aromatic heterocycles. The zero-order valence-electron chi connectivity index (χ0n) is 8.91. The lowest BCUT2D eigenvalue weighted by molar-refractivity contribution is 0.0234. The molecule has 1 unspecified atom stereocenters. The molecule has 0 bridgehead atoms. The molecule has 0 saturated carbocycles. The maximum atomic E-state index is 13.1. The molecule has 1 aromatic rings. The van der Waals surface area contributed by atoms with Crippen LogP contribution in [0.1, 0.15) is 24.4 Å². The summed E-state index contributed by atoms with van der Waals surface area (Å²) in [6.45, 7) is 1.29. The van der Waals surface area contributed by atoms with Crippen LogP contribution in [0.5, 0.6) is 5.75 Å². The first-order valence-electron chi connectivity index (χ1n) is 5.50. The van der Waals surface area contributed by atoms with E-state index in [1.54, 1.807) is 6.07 Å². The number of fused-ring (bicyclic) bond motifs is 1. The van der Waals surface area contributed by atoms with Gasteiger partial charge < -0.3 is 15.2 Å². The fraction of sp³-hybridized carbons (Fsp3) is 0.500. The molecule has 0 radical (unpaired) electrons. The van der Waals surface area contributed by atoms with Crippen molar-refractivity contribution in [2.24, 2.45) is 5.73 Å². The summed E-state index contributed by atoms with van der Waals surface area (Å²) in [5, 5.41) is 0. The van der Waals surface area contributed by atoms with Gasteiger partial charge in [-0.1, -0.05) is 0 Å². The van der Waals surface area contributed by atoms with Gasteiger partial charge in [0.25, 0.3) is 0 Å². The van der Waals surface area contributed by atoms with Crippen LogP contribution in [0.3, 0.4) is 0 Å². The summed E-state index contributed by atoms with van der Waals surface area (Å²) in [7, 11) is 0. The third-order valence-electron chi connectivity index (χ3n) is 3.36. The second-order valence-electron chi connectivity index (χ2n) is 4.58. The minimum atomic E-state index is -0.287. The van der Waals surface area contributed by atoms with Crippen LogP contribution in [-0.4, -0.2) is 18.8 Å². The zero-order chi connectivity index (χ0) is 11.2. The molecule has 3 rings (SSSR count). The van der Waals surface area contributed by atoms with Crippen molar-refractivity contribution in [1.29, 1.82) is 0 Å². The first kappa shape index (κ1) is 10.1. The minimum Gasteiger partial charge on any atom is -0.484 e. The van der Waals surface area contributed by atoms with Crippen LogP contribution < -0.4 is 10.5 Å². The lowest BCUT2D eigenvalue weighted by Gasteiger charge is -2.37. The highest BCUT2D eigenvalue weighted by atomic mass is 19.1. The molecule has 3 nitrogen and oxygen atoms in total. The van der Waals surface area contributed by atoms with Gasteiger partial charge in [0.2, 0.25) is 0 Å². The van der Waals surface area contributed by atoms with Crippen LogP contribution in [0.4, 0.5) is 4.39 Å². The maximum Gasteiger partial charge on any atom is 0.136 e.